The molecule has 0 radical (unpaired) electrons. The lowest BCUT2D eigenvalue weighted by molar-refractivity contribution is 0.0767. The van der Waals surface area contributed by atoms with E-state index in [4.69, 9.17) is 16.7 Å². The molecule has 0 aliphatic heterocycles. The number of carbonyl (C=O) groups is 1. The third-order valence-corrected chi connectivity index (χ3v) is 2.24. The van der Waals surface area contributed by atoms with E-state index in [9.17, 15) is 9.18 Å². The lowest BCUT2D eigenvalue weighted by atomic mass is 10.2. The van der Waals surface area contributed by atoms with Gasteiger partial charge in [0, 0.05) is 19.2 Å². The number of benzene rings is 1. The Balaban J connectivity index is 2.87. The number of nitrogens with zero attached hydrogens (tertiary/aromatic N) is 1. The molecule has 0 saturated heterocycles. The topological polar surface area (TPSA) is 40.5 Å². The van der Waals surface area contributed by atoms with Crippen molar-refractivity contribution in [1.82, 2.24) is 4.90 Å². The van der Waals surface area contributed by atoms with Gasteiger partial charge in [-0.15, -0.1) is 0 Å². The number of carbonyl (C=O) groups excluding carboxylic acids is 1. The van der Waals surface area contributed by atoms with Crippen molar-refractivity contribution in [2.24, 2.45) is 0 Å². The van der Waals surface area contributed by atoms with E-state index in [1.807, 2.05) is 0 Å². The van der Waals surface area contributed by atoms with Crippen LogP contribution < -0.4 is 0 Å². The first-order valence-electron chi connectivity index (χ1n) is 4.37. The summed E-state index contributed by atoms with van der Waals surface area (Å²) in [5.74, 6) is -0.857. The summed E-state index contributed by atoms with van der Waals surface area (Å²) in [5.41, 5.74) is 0.303. The molecule has 1 aromatic carbocycles. The summed E-state index contributed by atoms with van der Waals surface area (Å²) in [6.07, 6.45) is 0. The molecule has 82 valence electrons. The van der Waals surface area contributed by atoms with Crippen LogP contribution in [0.15, 0.2) is 18.2 Å². The first kappa shape index (κ1) is 11.9. The molecule has 0 aromatic heterocycles. The maximum absolute atomic E-state index is 12.8. The summed E-state index contributed by atoms with van der Waals surface area (Å²) in [6, 6.07) is 3.77. The van der Waals surface area contributed by atoms with Gasteiger partial charge in [-0.3, -0.25) is 4.79 Å². The molecule has 1 amide bonds. The van der Waals surface area contributed by atoms with Crippen LogP contribution in [0.1, 0.15) is 10.4 Å². The van der Waals surface area contributed by atoms with Crippen molar-refractivity contribution < 1.29 is 14.3 Å². The van der Waals surface area contributed by atoms with Gasteiger partial charge in [0.1, 0.15) is 5.82 Å². The van der Waals surface area contributed by atoms with Crippen molar-refractivity contribution in [1.29, 1.82) is 0 Å². The standard InChI is InChI=1S/C10H11ClFNO2/c1-13(4-5-14)10(15)7-2-3-9(12)8(11)6-7/h2-3,6,14H,4-5H2,1H3. The van der Waals surface area contributed by atoms with Crippen LogP contribution in [0.4, 0.5) is 4.39 Å². The highest BCUT2D eigenvalue weighted by atomic mass is 35.5. The molecule has 15 heavy (non-hydrogen) atoms. The molecule has 0 bridgehead atoms. The predicted octanol–water partition coefficient (Wildman–Crippen LogP) is 1.54. The number of aliphatic hydroxyl groups excluding tert-OH is 1. The molecule has 1 rings (SSSR count). The molecule has 0 aliphatic carbocycles. The number of hydrogen-bond acceptors (Lipinski definition) is 2. The Kier molecular flexibility index (Phi) is 4.05. The fraction of sp³-hybridized carbons (Fsp3) is 0.300. The number of hydrogen-bond donors (Lipinski definition) is 1. The van der Waals surface area contributed by atoms with Crippen LogP contribution in [0.2, 0.25) is 5.02 Å². The van der Waals surface area contributed by atoms with Crippen molar-refractivity contribution in [3.8, 4) is 0 Å². The second kappa shape index (κ2) is 5.09. The second-order valence-corrected chi connectivity index (χ2v) is 3.49. The predicted molar refractivity (Wildman–Crippen MR) is 55.5 cm³/mol. The van der Waals surface area contributed by atoms with Gasteiger partial charge in [-0.05, 0) is 18.2 Å². The summed E-state index contributed by atoms with van der Waals surface area (Å²) >= 11 is 5.54. The number of halogens is 2. The smallest absolute Gasteiger partial charge is 0.253 e. The van der Waals surface area contributed by atoms with Gasteiger partial charge in [-0.25, -0.2) is 4.39 Å². The summed E-state index contributed by atoms with van der Waals surface area (Å²) in [5, 5.41) is 8.57. The Hall–Kier alpha value is -1.13. The van der Waals surface area contributed by atoms with Crippen molar-refractivity contribution in [2.45, 2.75) is 0 Å². The van der Waals surface area contributed by atoms with Gasteiger partial charge in [-0.1, -0.05) is 11.6 Å². The van der Waals surface area contributed by atoms with Crippen LogP contribution in [0, 0.1) is 5.82 Å². The Morgan fingerprint density at radius 1 is 1.60 bits per heavy atom. The quantitative estimate of drug-likeness (QED) is 0.858. The number of aliphatic hydroxyl groups is 1. The Labute approximate surface area is 92.1 Å². The highest BCUT2D eigenvalue weighted by Gasteiger charge is 2.12. The zero-order chi connectivity index (χ0) is 11.4. The lowest BCUT2D eigenvalue weighted by Gasteiger charge is -2.15. The SMILES string of the molecule is CN(CCO)C(=O)c1ccc(F)c(Cl)c1. The number of amides is 1. The van der Waals surface area contributed by atoms with Crippen LogP contribution in [0.25, 0.3) is 0 Å². The Morgan fingerprint density at radius 2 is 2.27 bits per heavy atom. The third kappa shape index (κ3) is 2.91. The van der Waals surface area contributed by atoms with E-state index in [1.54, 1.807) is 7.05 Å². The minimum Gasteiger partial charge on any atom is -0.395 e. The van der Waals surface area contributed by atoms with Gasteiger partial charge in [0.2, 0.25) is 0 Å². The van der Waals surface area contributed by atoms with E-state index < -0.39 is 5.82 Å². The van der Waals surface area contributed by atoms with Crippen molar-refractivity contribution in [3.63, 3.8) is 0 Å². The van der Waals surface area contributed by atoms with Gasteiger partial charge in [0.15, 0.2) is 0 Å². The highest BCUT2D eigenvalue weighted by Crippen LogP contribution is 2.16. The Morgan fingerprint density at radius 3 is 2.80 bits per heavy atom. The molecule has 0 unspecified atom stereocenters. The monoisotopic (exact) mass is 231 g/mol. The molecule has 0 saturated carbocycles. The van der Waals surface area contributed by atoms with Crippen molar-refractivity contribution in [2.75, 3.05) is 20.2 Å². The average Bonchev–Trinajstić information content (AvgIpc) is 2.21. The van der Waals surface area contributed by atoms with Crippen LogP contribution in [-0.4, -0.2) is 36.1 Å². The van der Waals surface area contributed by atoms with Gasteiger partial charge in [-0.2, -0.15) is 0 Å². The zero-order valence-corrected chi connectivity index (χ0v) is 8.96. The largest absolute Gasteiger partial charge is 0.395 e. The molecule has 3 nitrogen and oxygen atoms in total. The van der Waals surface area contributed by atoms with E-state index >= 15 is 0 Å². The molecular weight excluding hydrogens is 221 g/mol. The van der Waals surface area contributed by atoms with Crippen LogP contribution in [-0.2, 0) is 0 Å². The first-order valence-corrected chi connectivity index (χ1v) is 4.75. The zero-order valence-electron chi connectivity index (χ0n) is 8.20. The molecule has 0 heterocycles. The molecule has 5 heteroatoms. The van der Waals surface area contributed by atoms with Crippen molar-refractivity contribution >= 4 is 17.5 Å². The van der Waals surface area contributed by atoms with Gasteiger partial charge in [0.25, 0.3) is 5.91 Å². The van der Waals surface area contributed by atoms with E-state index in [-0.39, 0.29) is 24.1 Å². The maximum Gasteiger partial charge on any atom is 0.253 e. The van der Waals surface area contributed by atoms with Gasteiger partial charge in [0.05, 0.1) is 11.6 Å². The molecule has 1 aromatic rings. The van der Waals surface area contributed by atoms with E-state index in [2.05, 4.69) is 0 Å². The molecule has 1 N–H and O–H groups in total. The first-order chi connectivity index (χ1) is 7.06. The minimum atomic E-state index is -0.557. The van der Waals surface area contributed by atoms with Gasteiger partial charge >= 0.3 is 0 Å². The summed E-state index contributed by atoms with van der Waals surface area (Å²) < 4.78 is 12.8. The van der Waals surface area contributed by atoms with E-state index in [0.717, 1.165) is 6.07 Å². The molecule has 0 spiro atoms. The summed E-state index contributed by atoms with van der Waals surface area (Å²) in [7, 11) is 1.55. The maximum atomic E-state index is 12.8. The summed E-state index contributed by atoms with van der Waals surface area (Å²) in [4.78, 5) is 13.0. The van der Waals surface area contributed by atoms with Crippen LogP contribution in [0.3, 0.4) is 0 Å². The molecular formula is C10H11ClFNO2. The molecule has 0 aliphatic rings. The minimum absolute atomic E-state index is 0.0850. The number of rotatable bonds is 3. The highest BCUT2D eigenvalue weighted by molar-refractivity contribution is 6.31. The van der Waals surface area contributed by atoms with Crippen molar-refractivity contribution in [3.05, 3.63) is 34.6 Å². The Bertz CT molecular complexity index is 370. The fourth-order valence-electron chi connectivity index (χ4n) is 1.10. The van der Waals surface area contributed by atoms with Crippen LogP contribution in [0.5, 0.6) is 0 Å². The van der Waals surface area contributed by atoms with Gasteiger partial charge < -0.3 is 10.0 Å². The third-order valence-electron chi connectivity index (χ3n) is 1.95. The number of likely N-dealkylation sites (N-methyl/N-ethyl adjacent to an activating group) is 1. The van der Waals surface area contributed by atoms with Crippen LogP contribution >= 0.6 is 11.6 Å². The molecule has 0 fully saturated rings. The second-order valence-electron chi connectivity index (χ2n) is 3.08. The normalized spacial score (nSPS) is 10.1. The fourth-order valence-corrected chi connectivity index (χ4v) is 1.28. The van der Waals surface area contributed by atoms with E-state index in [1.165, 1.54) is 17.0 Å². The molecule has 0 atom stereocenters. The lowest BCUT2D eigenvalue weighted by Crippen LogP contribution is -2.29. The average molecular weight is 232 g/mol. The van der Waals surface area contributed by atoms with E-state index in [0.29, 0.717) is 5.56 Å². The summed E-state index contributed by atoms with van der Waals surface area (Å²) in [6.45, 7) is 0.116.